The number of ether oxygens (including phenoxy) is 1. The number of aryl methyl sites for hydroxylation is 1. The lowest BCUT2D eigenvalue weighted by atomic mass is 9.49. The Morgan fingerprint density at radius 3 is 2.32 bits per heavy atom. The number of likely N-dealkylation sites (tertiary alicyclic amines) is 1. The molecule has 2 heterocycles. The van der Waals surface area contributed by atoms with E-state index in [1.165, 1.54) is 0 Å². The zero-order valence-electron chi connectivity index (χ0n) is 28.5. The van der Waals surface area contributed by atoms with Gasteiger partial charge >= 0.3 is 0 Å². The number of nitrogens with zero attached hydrogens (tertiary/aromatic N) is 2. The van der Waals surface area contributed by atoms with Crippen molar-refractivity contribution in [3.05, 3.63) is 101 Å². The number of allylic oxidation sites excluding steroid dienone is 2. The fourth-order valence-electron chi connectivity index (χ4n) is 9.86. The van der Waals surface area contributed by atoms with Gasteiger partial charge in [0.25, 0.3) is 11.8 Å². The van der Waals surface area contributed by atoms with E-state index in [0.29, 0.717) is 29.8 Å². The molecule has 0 radical (unpaired) electrons. The van der Waals surface area contributed by atoms with Crippen molar-refractivity contribution in [1.82, 2.24) is 9.91 Å². The van der Waals surface area contributed by atoms with Gasteiger partial charge < -0.3 is 9.84 Å². The predicted octanol–water partition coefficient (Wildman–Crippen LogP) is 6.42. The van der Waals surface area contributed by atoms with Gasteiger partial charge in [0.15, 0.2) is 11.5 Å². The number of imide groups is 2. The van der Waals surface area contributed by atoms with Crippen LogP contribution in [0.3, 0.4) is 0 Å². The van der Waals surface area contributed by atoms with E-state index in [2.05, 4.69) is 5.43 Å². The zero-order valence-corrected chi connectivity index (χ0v) is 28.5. The molecule has 50 heavy (non-hydrogen) atoms. The number of hydrazine groups is 1. The van der Waals surface area contributed by atoms with Crippen molar-refractivity contribution < 1.29 is 29.0 Å². The van der Waals surface area contributed by atoms with Gasteiger partial charge in [-0.25, -0.2) is 0 Å². The van der Waals surface area contributed by atoms with Crippen LogP contribution in [0.5, 0.6) is 11.5 Å². The smallest absolute Gasteiger partial charge is 0.260 e. The van der Waals surface area contributed by atoms with Crippen LogP contribution in [0.1, 0.15) is 74.5 Å². The standard InChI is InChI=1S/C41H43N3O6/c1-3-50-33-16-10-15-30(36(33)45)35-28-21-22-29-34(39(48)43(37(29)46)27-13-8-5-9-14-27)31(28)23-32-38(47)44(42-26-19-17-24(2)18-20-26)40(49)41(32,35)25-11-6-4-7-12-25/h4,6-7,10-12,15-21,27,29,31-32,34-35,42,45H,3,5,8-9,13-14,22-23H2,1-2H3/t29-,31+,32-,34-,35+,41+/m0/s1. The fraction of sp³-hybridized carbons (Fsp3) is 0.415. The van der Waals surface area contributed by atoms with Crippen LogP contribution in [0.25, 0.3) is 0 Å². The molecule has 0 aromatic heterocycles. The summed E-state index contributed by atoms with van der Waals surface area (Å²) < 4.78 is 5.84. The molecule has 258 valence electrons. The normalized spacial score (nSPS) is 29.4. The van der Waals surface area contributed by atoms with Crippen molar-refractivity contribution in [1.29, 1.82) is 0 Å². The third-order valence-electron chi connectivity index (χ3n) is 12.0. The first-order valence-electron chi connectivity index (χ1n) is 18.1. The Labute approximate surface area is 292 Å². The van der Waals surface area contributed by atoms with Gasteiger partial charge in [0, 0.05) is 17.5 Å². The molecule has 4 fully saturated rings. The SMILES string of the molecule is CCOc1cccc([C@H]2C3=CC[C@@H]4C(=O)N(C5CCCCC5)C(=O)[C@@H]4[C@@H]3C[C@H]3C(=O)N(Nc4ccc(C)cc4)C(=O)[C@@]23c2ccccc2)c1O. The van der Waals surface area contributed by atoms with E-state index < -0.39 is 46.8 Å². The molecule has 0 unspecified atom stereocenters. The highest BCUT2D eigenvalue weighted by molar-refractivity contribution is 6.13. The van der Waals surface area contributed by atoms with Gasteiger partial charge in [0.1, 0.15) is 0 Å². The van der Waals surface area contributed by atoms with Gasteiger partial charge in [-0.1, -0.05) is 91.1 Å². The first kappa shape index (κ1) is 32.3. The highest BCUT2D eigenvalue weighted by Crippen LogP contribution is 2.65. The molecule has 3 aromatic rings. The first-order valence-corrected chi connectivity index (χ1v) is 18.1. The molecule has 2 aliphatic heterocycles. The maximum Gasteiger partial charge on any atom is 0.260 e. The molecule has 4 amide bonds. The summed E-state index contributed by atoms with van der Waals surface area (Å²) in [4.78, 5) is 60.2. The summed E-state index contributed by atoms with van der Waals surface area (Å²) in [5, 5.41) is 13.1. The minimum Gasteiger partial charge on any atom is -0.504 e. The number of aromatic hydroxyl groups is 1. The topological polar surface area (TPSA) is 116 Å². The van der Waals surface area contributed by atoms with E-state index >= 15 is 4.79 Å². The van der Waals surface area contributed by atoms with Crippen molar-refractivity contribution in [2.24, 2.45) is 23.7 Å². The lowest BCUT2D eigenvalue weighted by Crippen LogP contribution is -2.53. The Morgan fingerprint density at radius 1 is 0.860 bits per heavy atom. The number of phenolic OH excluding ortho intramolecular Hbond substituents is 1. The Morgan fingerprint density at radius 2 is 1.60 bits per heavy atom. The molecule has 0 bridgehead atoms. The molecule has 9 heteroatoms. The minimum atomic E-state index is -1.46. The molecule has 3 aromatic carbocycles. The number of phenols is 1. The van der Waals surface area contributed by atoms with E-state index in [1.807, 2.05) is 74.5 Å². The number of rotatable bonds is 7. The molecule has 3 aliphatic carbocycles. The number of benzene rings is 3. The summed E-state index contributed by atoms with van der Waals surface area (Å²) in [5.41, 5.74) is 5.23. The van der Waals surface area contributed by atoms with Crippen LogP contribution in [0.4, 0.5) is 5.69 Å². The second-order valence-electron chi connectivity index (χ2n) is 14.6. The number of carbonyl (C=O) groups is 4. The summed E-state index contributed by atoms with van der Waals surface area (Å²) in [7, 11) is 0. The number of para-hydroxylation sites is 1. The predicted molar refractivity (Wildman–Crippen MR) is 187 cm³/mol. The van der Waals surface area contributed by atoms with Crippen LogP contribution in [0, 0.1) is 30.6 Å². The maximum atomic E-state index is 15.3. The number of carbonyl (C=O) groups excluding carboxylic acids is 4. The van der Waals surface area contributed by atoms with Crippen LogP contribution in [-0.4, -0.2) is 51.3 Å². The molecule has 6 atom stereocenters. The van der Waals surface area contributed by atoms with E-state index in [9.17, 15) is 19.5 Å². The Balaban J connectivity index is 1.32. The molecule has 2 saturated heterocycles. The molecule has 2 N–H and O–H groups in total. The Hall–Kier alpha value is -4.92. The van der Waals surface area contributed by atoms with Crippen LogP contribution >= 0.6 is 0 Å². The molecular weight excluding hydrogens is 630 g/mol. The van der Waals surface area contributed by atoms with Crippen LogP contribution in [0.2, 0.25) is 0 Å². The molecule has 2 saturated carbocycles. The largest absolute Gasteiger partial charge is 0.504 e. The zero-order chi connectivity index (χ0) is 34.7. The van der Waals surface area contributed by atoms with Gasteiger partial charge in [-0.05, 0) is 69.2 Å². The first-order chi connectivity index (χ1) is 24.3. The maximum absolute atomic E-state index is 15.3. The van der Waals surface area contributed by atoms with Crippen molar-refractivity contribution in [3.8, 4) is 11.5 Å². The number of amides is 4. The van der Waals surface area contributed by atoms with Gasteiger partial charge in [0.2, 0.25) is 11.8 Å². The summed E-state index contributed by atoms with van der Waals surface area (Å²) in [6, 6.07) is 22.0. The lowest BCUT2D eigenvalue weighted by Gasteiger charge is -2.50. The lowest BCUT2D eigenvalue weighted by molar-refractivity contribution is -0.144. The van der Waals surface area contributed by atoms with Gasteiger partial charge in [-0.2, -0.15) is 5.01 Å². The molecule has 5 aliphatic rings. The van der Waals surface area contributed by atoms with E-state index in [4.69, 9.17) is 4.74 Å². The summed E-state index contributed by atoms with van der Waals surface area (Å²) in [6.45, 7) is 4.13. The summed E-state index contributed by atoms with van der Waals surface area (Å²) in [6.07, 6.45) is 7.32. The van der Waals surface area contributed by atoms with Crippen LogP contribution in [0.15, 0.2) is 84.4 Å². The number of hydrogen-bond acceptors (Lipinski definition) is 7. The Kier molecular flexibility index (Phi) is 8.04. The Bertz CT molecular complexity index is 1880. The molecule has 8 rings (SSSR count). The van der Waals surface area contributed by atoms with Crippen molar-refractivity contribution in [3.63, 3.8) is 0 Å². The summed E-state index contributed by atoms with van der Waals surface area (Å²) in [5.74, 6) is -4.24. The van der Waals surface area contributed by atoms with Crippen molar-refractivity contribution >= 4 is 29.3 Å². The highest BCUT2D eigenvalue weighted by atomic mass is 16.5. The molecular formula is C41H43N3O6. The number of nitrogens with one attached hydrogen (secondary N) is 1. The minimum absolute atomic E-state index is 0.0973. The second kappa shape index (κ2) is 12.4. The number of anilines is 1. The van der Waals surface area contributed by atoms with Gasteiger partial charge in [-0.3, -0.25) is 29.5 Å². The van der Waals surface area contributed by atoms with Crippen molar-refractivity contribution in [2.75, 3.05) is 12.0 Å². The van der Waals surface area contributed by atoms with Crippen LogP contribution in [-0.2, 0) is 24.6 Å². The third kappa shape index (κ3) is 4.72. The molecule has 0 spiro atoms. The van der Waals surface area contributed by atoms with Gasteiger partial charge in [0.05, 0.1) is 35.5 Å². The number of fused-ring (bicyclic) bond motifs is 4. The monoisotopic (exact) mass is 673 g/mol. The average Bonchev–Trinajstić information content (AvgIpc) is 3.52. The highest BCUT2D eigenvalue weighted by Gasteiger charge is 2.70. The second-order valence-corrected chi connectivity index (χ2v) is 14.6. The van der Waals surface area contributed by atoms with Crippen LogP contribution < -0.4 is 10.2 Å². The average molecular weight is 674 g/mol. The summed E-state index contributed by atoms with van der Waals surface area (Å²) >= 11 is 0. The number of hydrogen-bond donors (Lipinski definition) is 2. The quantitative estimate of drug-likeness (QED) is 0.220. The fourth-order valence-corrected chi connectivity index (χ4v) is 9.86. The van der Waals surface area contributed by atoms with E-state index in [1.54, 1.807) is 23.1 Å². The van der Waals surface area contributed by atoms with E-state index in [0.717, 1.165) is 48.2 Å². The molecule has 9 nitrogen and oxygen atoms in total. The van der Waals surface area contributed by atoms with Crippen molar-refractivity contribution in [2.45, 2.75) is 76.2 Å². The van der Waals surface area contributed by atoms with Gasteiger partial charge in [-0.15, -0.1) is 0 Å². The van der Waals surface area contributed by atoms with E-state index in [-0.39, 0.29) is 35.8 Å². The third-order valence-corrected chi connectivity index (χ3v) is 12.0.